The van der Waals surface area contributed by atoms with Gasteiger partial charge >= 0.3 is 0 Å². The molecule has 1 aliphatic heterocycles. The largest absolute Gasteiger partial charge is 0.325 e. The summed E-state index contributed by atoms with van der Waals surface area (Å²) in [6.45, 7) is 0.396. The van der Waals surface area contributed by atoms with Gasteiger partial charge in [0.25, 0.3) is 0 Å². The van der Waals surface area contributed by atoms with Crippen molar-refractivity contribution >= 4 is 67.6 Å². The molecule has 3 aromatic carbocycles. The van der Waals surface area contributed by atoms with E-state index in [2.05, 4.69) is 26.2 Å². The quantitative estimate of drug-likeness (QED) is 0.377. The highest BCUT2D eigenvalue weighted by Crippen LogP contribution is 2.30. The second-order valence-electron chi connectivity index (χ2n) is 7.60. The lowest BCUT2D eigenvalue weighted by atomic mass is 10.1. The molecule has 34 heavy (non-hydrogen) atoms. The van der Waals surface area contributed by atoms with Crippen LogP contribution in [0.25, 0.3) is 0 Å². The van der Waals surface area contributed by atoms with E-state index in [-0.39, 0.29) is 24.1 Å². The van der Waals surface area contributed by atoms with Crippen LogP contribution in [0.15, 0.2) is 82.3 Å². The summed E-state index contributed by atoms with van der Waals surface area (Å²) in [6, 6.07) is 20.4. The Morgan fingerprint density at radius 2 is 1.88 bits per heavy atom. The number of halogens is 3. The number of thioether (sulfide) groups is 1. The fourth-order valence-electron chi connectivity index (χ4n) is 3.37. The number of aliphatic imine (C=N–C) groups is 1. The Bertz CT molecular complexity index is 1220. The lowest BCUT2D eigenvalue weighted by molar-refractivity contribution is -0.129. The fraction of sp³-hybridized carbons (Fsp3) is 0.160. The van der Waals surface area contributed by atoms with Crippen LogP contribution in [0.5, 0.6) is 0 Å². The van der Waals surface area contributed by atoms with Crippen LogP contribution >= 0.6 is 39.3 Å². The highest BCUT2D eigenvalue weighted by Gasteiger charge is 2.35. The zero-order valence-corrected chi connectivity index (χ0v) is 21.0. The molecule has 0 radical (unpaired) electrons. The van der Waals surface area contributed by atoms with Crippen LogP contribution in [0.2, 0.25) is 5.02 Å². The Balaban J connectivity index is 1.55. The first-order chi connectivity index (χ1) is 16.4. The number of carbonyl (C=O) groups excluding carboxylic acids is 2. The summed E-state index contributed by atoms with van der Waals surface area (Å²) in [5.41, 5.74) is 2.16. The van der Waals surface area contributed by atoms with Gasteiger partial charge < -0.3 is 5.32 Å². The summed E-state index contributed by atoms with van der Waals surface area (Å²) in [6.07, 6.45) is 0.647. The molecular weight excluding hydrogens is 541 g/mol. The highest BCUT2D eigenvalue weighted by molar-refractivity contribution is 9.10. The minimum absolute atomic E-state index is 0.0492. The van der Waals surface area contributed by atoms with E-state index in [0.29, 0.717) is 34.5 Å². The van der Waals surface area contributed by atoms with Gasteiger partial charge in [-0.2, -0.15) is 0 Å². The fourth-order valence-corrected chi connectivity index (χ4v) is 5.02. The molecule has 9 heteroatoms. The van der Waals surface area contributed by atoms with Crippen LogP contribution in [0, 0.1) is 5.82 Å². The van der Waals surface area contributed by atoms with E-state index in [1.54, 1.807) is 29.2 Å². The summed E-state index contributed by atoms with van der Waals surface area (Å²) in [7, 11) is 0. The first-order valence-corrected chi connectivity index (χ1v) is 12.5. The van der Waals surface area contributed by atoms with Gasteiger partial charge in [0.1, 0.15) is 11.1 Å². The summed E-state index contributed by atoms with van der Waals surface area (Å²) >= 11 is 10.6. The van der Waals surface area contributed by atoms with Crippen molar-refractivity contribution in [3.63, 3.8) is 0 Å². The smallest absolute Gasteiger partial charge is 0.238 e. The maximum Gasteiger partial charge on any atom is 0.238 e. The normalized spacial score (nSPS) is 17.1. The van der Waals surface area contributed by atoms with Crippen LogP contribution in [-0.2, 0) is 16.0 Å². The summed E-state index contributed by atoms with van der Waals surface area (Å²) in [5, 5.41) is 3.28. The molecule has 4 rings (SSSR count). The van der Waals surface area contributed by atoms with E-state index in [1.165, 1.54) is 36.0 Å². The van der Waals surface area contributed by atoms with Gasteiger partial charge in [0.15, 0.2) is 5.17 Å². The number of amidine groups is 1. The minimum atomic E-state index is -0.641. The molecule has 1 N–H and O–H groups in total. The number of nitrogens with zero attached hydrogens (tertiary/aromatic N) is 2. The number of rotatable bonds is 6. The molecule has 0 bridgehead atoms. The molecule has 0 saturated carbocycles. The molecule has 174 valence electrons. The Kier molecular flexibility index (Phi) is 8.03. The Hall–Kier alpha value is -2.68. The minimum Gasteiger partial charge on any atom is -0.325 e. The third kappa shape index (κ3) is 6.46. The van der Waals surface area contributed by atoms with E-state index in [9.17, 15) is 14.0 Å². The van der Waals surface area contributed by atoms with Crippen molar-refractivity contribution in [3.8, 4) is 0 Å². The zero-order valence-electron chi connectivity index (χ0n) is 17.9. The predicted molar refractivity (Wildman–Crippen MR) is 139 cm³/mol. The monoisotopic (exact) mass is 559 g/mol. The molecule has 1 aliphatic rings. The van der Waals surface area contributed by atoms with Crippen molar-refractivity contribution in [2.75, 3.05) is 11.9 Å². The number of amides is 2. The summed E-state index contributed by atoms with van der Waals surface area (Å²) < 4.78 is 14.2. The van der Waals surface area contributed by atoms with Gasteiger partial charge in [-0.1, -0.05) is 57.5 Å². The number of carbonyl (C=O) groups is 2. The third-order valence-electron chi connectivity index (χ3n) is 5.11. The van der Waals surface area contributed by atoms with Crippen LogP contribution in [0.3, 0.4) is 0 Å². The van der Waals surface area contributed by atoms with Crippen molar-refractivity contribution < 1.29 is 14.0 Å². The maximum atomic E-state index is 13.4. The maximum absolute atomic E-state index is 13.4. The molecule has 0 spiro atoms. The van der Waals surface area contributed by atoms with E-state index >= 15 is 0 Å². The van der Waals surface area contributed by atoms with Gasteiger partial charge in [0.05, 0.1) is 5.69 Å². The van der Waals surface area contributed by atoms with Gasteiger partial charge in [0, 0.05) is 28.1 Å². The molecule has 2 amide bonds. The second kappa shape index (κ2) is 11.2. The topological polar surface area (TPSA) is 61.8 Å². The number of nitrogens with one attached hydrogen (secondary N) is 1. The van der Waals surface area contributed by atoms with Crippen molar-refractivity contribution in [2.45, 2.75) is 18.1 Å². The third-order valence-corrected chi connectivity index (χ3v) is 7.05. The first kappa shape index (κ1) is 24.4. The average Bonchev–Trinajstić information content (AvgIpc) is 2.81. The van der Waals surface area contributed by atoms with Crippen molar-refractivity contribution in [2.24, 2.45) is 4.99 Å². The van der Waals surface area contributed by atoms with E-state index in [4.69, 9.17) is 11.6 Å². The van der Waals surface area contributed by atoms with Crippen molar-refractivity contribution in [3.05, 3.63) is 93.7 Å². The molecular formula is C25H20BrClFN3O2S. The molecule has 1 fully saturated rings. The van der Waals surface area contributed by atoms with Crippen molar-refractivity contribution in [1.29, 1.82) is 0 Å². The molecule has 1 saturated heterocycles. The molecule has 1 unspecified atom stereocenters. The molecule has 0 aromatic heterocycles. The summed E-state index contributed by atoms with van der Waals surface area (Å²) in [4.78, 5) is 32.2. The number of anilines is 1. The standard InChI is InChI=1S/C25H20BrClFN3O2S/c26-17-2-1-3-21(14-17)29-24(33)22-15-23(32)31(13-12-16-4-6-18(27)7-5-16)25(34-22)30-20-10-8-19(28)9-11-20/h1-11,14,22H,12-13,15H2,(H,29,33). The van der Waals surface area contributed by atoms with Crippen LogP contribution in [0.4, 0.5) is 15.8 Å². The molecule has 5 nitrogen and oxygen atoms in total. The van der Waals surface area contributed by atoms with Gasteiger partial charge in [-0.15, -0.1) is 0 Å². The molecule has 0 aliphatic carbocycles. The average molecular weight is 561 g/mol. The highest BCUT2D eigenvalue weighted by atomic mass is 79.9. The zero-order chi connectivity index (χ0) is 24.1. The van der Waals surface area contributed by atoms with Crippen LogP contribution in [0.1, 0.15) is 12.0 Å². The van der Waals surface area contributed by atoms with Gasteiger partial charge in [-0.3, -0.25) is 14.5 Å². The van der Waals surface area contributed by atoms with Crippen LogP contribution < -0.4 is 5.32 Å². The number of hydrogen-bond donors (Lipinski definition) is 1. The van der Waals surface area contributed by atoms with E-state index < -0.39 is 5.25 Å². The lowest BCUT2D eigenvalue weighted by Crippen LogP contribution is -2.46. The van der Waals surface area contributed by atoms with Crippen molar-refractivity contribution in [1.82, 2.24) is 4.90 Å². The predicted octanol–water partition coefficient (Wildman–Crippen LogP) is 6.44. The number of hydrogen-bond acceptors (Lipinski definition) is 4. The first-order valence-electron chi connectivity index (χ1n) is 10.5. The Morgan fingerprint density at radius 3 is 2.59 bits per heavy atom. The Labute approximate surface area is 214 Å². The van der Waals surface area contributed by atoms with E-state index in [0.717, 1.165) is 10.0 Å². The molecule has 3 aromatic rings. The lowest BCUT2D eigenvalue weighted by Gasteiger charge is -2.32. The molecule has 1 heterocycles. The molecule has 1 atom stereocenters. The van der Waals surface area contributed by atoms with Gasteiger partial charge in [-0.25, -0.2) is 9.38 Å². The van der Waals surface area contributed by atoms with Crippen LogP contribution in [-0.4, -0.2) is 33.7 Å². The van der Waals surface area contributed by atoms with Gasteiger partial charge in [0.2, 0.25) is 11.8 Å². The SMILES string of the molecule is O=C(Nc1cccc(Br)c1)C1CC(=O)N(CCc2ccc(Cl)cc2)C(=Nc2ccc(F)cc2)S1. The number of benzene rings is 3. The Morgan fingerprint density at radius 1 is 1.15 bits per heavy atom. The van der Waals surface area contributed by atoms with Gasteiger partial charge in [-0.05, 0) is 66.6 Å². The summed E-state index contributed by atoms with van der Waals surface area (Å²) in [5.74, 6) is -0.842. The second-order valence-corrected chi connectivity index (χ2v) is 10.1. The van der Waals surface area contributed by atoms with E-state index in [1.807, 2.05) is 24.3 Å².